The standard InChI is InChI=1S/C15H18N4O2/c20-13-8-9-18(10-13)15(21)7-6-14-17-16-11-19(14)12-4-2-1-3-5-12/h1-5,11,13,20H,6-10H2/t13-/m1/s1. The number of carbonyl (C=O) groups excluding carboxylic acids is 1. The largest absolute Gasteiger partial charge is 0.391 e. The molecule has 1 aromatic carbocycles. The topological polar surface area (TPSA) is 71.2 Å². The molecule has 110 valence electrons. The van der Waals surface area contributed by atoms with Gasteiger partial charge in [0, 0.05) is 31.6 Å². The lowest BCUT2D eigenvalue weighted by molar-refractivity contribution is -0.130. The maximum Gasteiger partial charge on any atom is 0.223 e. The number of rotatable bonds is 4. The van der Waals surface area contributed by atoms with Crippen molar-refractivity contribution in [2.75, 3.05) is 13.1 Å². The monoisotopic (exact) mass is 286 g/mol. The zero-order valence-electron chi connectivity index (χ0n) is 11.7. The Kier molecular flexibility index (Phi) is 3.96. The van der Waals surface area contributed by atoms with Crippen molar-refractivity contribution in [1.82, 2.24) is 19.7 Å². The van der Waals surface area contributed by atoms with Gasteiger partial charge in [-0.2, -0.15) is 0 Å². The zero-order chi connectivity index (χ0) is 14.7. The van der Waals surface area contributed by atoms with Crippen LogP contribution in [0.1, 0.15) is 18.7 Å². The second kappa shape index (κ2) is 6.05. The highest BCUT2D eigenvalue weighted by atomic mass is 16.3. The van der Waals surface area contributed by atoms with Crippen molar-refractivity contribution in [2.45, 2.75) is 25.4 Å². The molecule has 0 aliphatic carbocycles. The SMILES string of the molecule is O=C(CCc1nncn1-c1ccccc1)N1CC[C@@H](O)C1. The van der Waals surface area contributed by atoms with Gasteiger partial charge in [-0.05, 0) is 18.6 Å². The van der Waals surface area contributed by atoms with Crippen molar-refractivity contribution >= 4 is 5.91 Å². The summed E-state index contributed by atoms with van der Waals surface area (Å²) in [5, 5.41) is 17.5. The van der Waals surface area contributed by atoms with Crippen molar-refractivity contribution in [3.05, 3.63) is 42.5 Å². The molecule has 0 radical (unpaired) electrons. The maximum atomic E-state index is 12.1. The van der Waals surface area contributed by atoms with Gasteiger partial charge in [0.05, 0.1) is 6.10 Å². The Hall–Kier alpha value is -2.21. The summed E-state index contributed by atoms with van der Waals surface area (Å²) in [5.41, 5.74) is 0.988. The molecule has 1 aliphatic rings. The predicted molar refractivity (Wildman–Crippen MR) is 76.9 cm³/mol. The van der Waals surface area contributed by atoms with E-state index in [1.165, 1.54) is 0 Å². The smallest absolute Gasteiger partial charge is 0.223 e. The van der Waals surface area contributed by atoms with Crippen LogP contribution in [-0.4, -0.2) is 49.9 Å². The lowest BCUT2D eigenvalue weighted by Gasteiger charge is -2.15. The molecule has 6 heteroatoms. The first-order chi connectivity index (χ1) is 10.2. The van der Waals surface area contributed by atoms with Crippen molar-refractivity contribution in [1.29, 1.82) is 0 Å². The summed E-state index contributed by atoms with van der Waals surface area (Å²) >= 11 is 0. The van der Waals surface area contributed by atoms with Crippen LogP contribution in [-0.2, 0) is 11.2 Å². The number of amides is 1. The van der Waals surface area contributed by atoms with Crippen LogP contribution in [0.4, 0.5) is 0 Å². The highest BCUT2D eigenvalue weighted by molar-refractivity contribution is 5.76. The van der Waals surface area contributed by atoms with E-state index in [1.54, 1.807) is 11.2 Å². The fourth-order valence-electron chi connectivity index (χ4n) is 2.58. The number of carbonyl (C=O) groups is 1. The van der Waals surface area contributed by atoms with Crippen LogP contribution in [0.2, 0.25) is 0 Å². The predicted octanol–water partition coefficient (Wildman–Crippen LogP) is 0.793. The van der Waals surface area contributed by atoms with Crippen molar-refractivity contribution in [3.8, 4) is 5.69 Å². The van der Waals surface area contributed by atoms with E-state index in [4.69, 9.17) is 0 Å². The van der Waals surface area contributed by atoms with Gasteiger partial charge in [-0.1, -0.05) is 18.2 Å². The van der Waals surface area contributed by atoms with E-state index in [2.05, 4.69) is 10.2 Å². The van der Waals surface area contributed by atoms with Crippen LogP contribution in [0.15, 0.2) is 36.7 Å². The summed E-state index contributed by atoms with van der Waals surface area (Å²) in [7, 11) is 0. The van der Waals surface area contributed by atoms with Gasteiger partial charge in [-0.25, -0.2) is 0 Å². The number of aromatic nitrogens is 3. The Bertz CT molecular complexity index is 611. The number of nitrogens with zero attached hydrogens (tertiary/aromatic N) is 4. The fourth-order valence-corrected chi connectivity index (χ4v) is 2.58. The van der Waals surface area contributed by atoms with Crippen molar-refractivity contribution < 1.29 is 9.90 Å². The molecule has 1 aromatic heterocycles. The lowest BCUT2D eigenvalue weighted by Crippen LogP contribution is -2.29. The minimum atomic E-state index is -0.373. The molecule has 0 spiro atoms. The molecule has 0 saturated carbocycles. The molecule has 21 heavy (non-hydrogen) atoms. The first kappa shape index (κ1) is 13.8. The molecule has 1 N–H and O–H groups in total. The highest BCUT2D eigenvalue weighted by Crippen LogP contribution is 2.13. The summed E-state index contributed by atoms with van der Waals surface area (Å²) in [4.78, 5) is 13.8. The van der Waals surface area contributed by atoms with Crippen LogP contribution in [0.25, 0.3) is 5.69 Å². The maximum absolute atomic E-state index is 12.1. The number of aliphatic hydroxyl groups is 1. The number of benzene rings is 1. The number of aliphatic hydroxyl groups excluding tert-OH is 1. The van der Waals surface area contributed by atoms with Crippen LogP contribution in [0, 0.1) is 0 Å². The third kappa shape index (κ3) is 3.11. The number of para-hydroxylation sites is 1. The second-order valence-corrected chi connectivity index (χ2v) is 5.23. The van der Waals surface area contributed by atoms with Crippen LogP contribution in [0.5, 0.6) is 0 Å². The molecule has 1 amide bonds. The average molecular weight is 286 g/mol. The zero-order valence-corrected chi connectivity index (χ0v) is 11.7. The number of hydrogen-bond donors (Lipinski definition) is 1. The van der Waals surface area contributed by atoms with E-state index in [-0.39, 0.29) is 12.0 Å². The minimum absolute atomic E-state index is 0.0640. The van der Waals surface area contributed by atoms with Crippen LogP contribution in [0.3, 0.4) is 0 Å². The number of likely N-dealkylation sites (tertiary alicyclic amines) is 1. The van der Waals surface area contributed by atoms with E-state index in [0.29, 0.717) is 32.4 Å². The van der Waals surface area contributed by atoms with E-state index in [0.717, 1.165) is 11.5 Å². The van der Waals surface area contributed by atoms with Crippen molar-refractivity contribution in [2.24, 2.45) is 0 Å². The van der Waals surface area contributed by atoms with Gasteiger partial charge in [-0.3, -0.25) is 9.36 Å². The Morgan fingerprint density at radius 2 is 2.14 bits per heavy atom. The molecule has 2 heterocycles. The van der Waals surface area contributed by atoms with Gasteiger partial charge < -0.3 is 10.0 Å². The molecule has 3 rings (SSSR count). The van der Waals surface area contributed by atoms with Gasteiger partial charge in [0.25, 0.3) is 0 Å². The summed E-state index contributed by atoms with van der Waals surface area (Å²) in [6.07, 6.45) is 2.89. The normalized spacial score (nSPS) is 18.1. The van der Waals surface area contributed by atoms with Gasteiger partial charge in [-0.15, -0.1) is 10.2 Å². The molecule has 1 saturated heterocycles. The molecular weight excluding hydrogens is 268 g/mol. The summed E-state index contributed by atoms with van der Waals surface area (Å²) in [5.74, 6) is 0.837. The van der Waals surface area contributed by atoms with Gasteiger partial charge in [0.1, 0.15) is 12.2 Å². The number of hydrogen-bond acceptors (Lipinski definition) is 4. The summed E-state index contributed by atoms with van der Waals surface area (Å²) in [6, 6.07) is 9.82. The molecule has 1 atom stereocenters. The minimum Gasteiger partial charge on any atom is -0.391 e. The van der Waals surface area contributed by atoms with Gasteiger partial charge in [0.15, 0.2) is 0 Å². The first-order valence-corrected chi connectivity index (χ1v) is 7.14. The van der Waals surface area contributed by atoms with Crippen LogP contribution < -0.4 is 0 Å². The van der Waals surface area contributed by atoms with Crippen LogP contribution >= 0.6 is 0 Å². The Morgan fingerprint density at radius 3 is 2.86 bits per heavy atom. The Morgan fingerprint density at radius 1 is 1.33 bits per heavy atom. The molecule has 0 bridgehead atoms. The third-order valence-electron chi connectivity index (χ3n) is 3.73. The van der Waals surface area contributed by atoms with E-state index in [1.807, 2.05) is 34.9 Å². The first-order valence-electron chi connectivity index (χ1n) is 7.14. The molecule has 1 fully saturated rings. The van der Waals surface area contributed by atoms with Gasteiger partial charge in [0.2, 0.25) is 5.91 Å². The van der Waals surface area contributed by atoms with Crippen molar-refractivity contribution in [3.63, 3.8) is 0 Å². The summed E-state index contributed by atoms with van der Waals surface area (Å²) < 4.78 is 1.89. The highest BCUT2D eigenvalue weighted by Gasteiger charge is 2.24. The molecule has 2 aromatic rings. The lowest BCUT2D eigenvalue weighted by atomic mass is 10.2. The average Bonchev–Trinajstić information content (AvgIpc) is 3.14. The van der Waals surface area contributed by atoms with Gasteiger partial charge >= 0.3 is 0 Å². The molecule has 1 aliphatic heterocycles. The molecule has 6 nitrogen and oxygen atoms in total. The van der Waals surface area contributed by atoms with E-state index < -0.39 is 0 Å². The van der Waals surface area contributed by atoms with E-state index >= 15 is 0 Å². The fraction of sp³-hybridized carbons (Fsp3) is 0.400. The number of aryl methyl sites for hydroxylation is 1. The Labute approximate surface area is 123 Å². The third-order valence-corrected chi connectivity index (χ3v) is 3.73. The summed E-state index contributed by atoms with van der Waals surface area (Å²) in [6.45, 7) is 1.09. The second-order valence-electron chi connectivity index (χ2n) is 5.23. The molecule has 0 unspecified atom stereocenters. The van der Waals surface area contributed by atoms with E-state index in [9.17, 15) is 9.90 Å². The molecular formula is C15H18N4O2. The number of β-amino-alcohol motifs (C(OH)–C–C–N with tert-alkyl or cyclic N) is 1. The Balaban J connectivity index is 1.64. The quantitative estimate of drug-likeness (QED) is 0.902.